The summed E-state index contributed by atoms with van der Waals surface area (Å²) >= 11 is 0. The Balaban J connectivity index is 2.95. The van der Waals surface area contributed by atoms with Crippen LogP contribution < -0.4 is 0 Å². The van der Waals surface area contributed by atoms with Crippen LogP contribution in [0.2, 0.25) is 0 Å². The predicted molar refractivity (Wildman–Crippen MR) is 66.1 cm³/mol. The Morgan fingerprint density at radius 1 is 1.38 bits per heavy atom. The first-order valence-corrected chi connectivity index (χ1v) is 6.18. The van der Waals surface area contributed by atoms with Crippen molar-refractivity contribution >= 4 is 0 Å². The van der Waals surface area contributed by atoms with Crippen LogP contribution in [-0.4, -0.2) is 21.9 Å². The highest BCUT2D eigenvalue weighted by molar-refractivity contribution is 5.27. The number of aliphatic hydroxyl groups excluding tert-OH is 1. The first-order chi connectivity index (χ1) is 7.29. The molecule has 0 aliphatic heterocycles. The molecule has 0 aromatic heterocycles. The van der Waals surface area contributed by atoms with Gasteiger partial charge < -0.3 is 10.2 Å². The predicted octanol–water partition coefficient (Wildman–Crippen LogP) is 2.80. The minimum atomic E-state index is -0.758. The van der Waals surface area contributed by atoms with E-state index < -0.39 is 11.7 Å². The molecule has 0 saturated heterocycles. The van der Waals surface area contributed by atoms with E-state index in [0.29, 0.717) is 0 Å². The molecule has 1 aliphatic rings. The Morgan fingerprint density at radius 3 is 2.44 bits per heavy atom. The van der Waals surface area contributed by atoms with Crippen LogP contribution in [0, 0.1) is 5.41 Å². The van der Waals surface area contributed by atoms with E-state index in [-0.39, 0.29) is 5.41 Å². The molecule has 2 unspecified atom stereocenters. The van der Waals surface area contributed by atoms with Gasteiger partial charge in [0.2, 0.25) is 0 Å². The lowest BCUT2D eigenvalue weighted by Crippen LogP contribution is -2.25. The summed E-state index contributed by atoms with van der Waals surface area (Å²) in [5.74, 6) is 0. The third kappa shape index (κ3) is 2.98. The largest absolute Gasteiger partial charge is 0.388 e. The number of hydrogen-bond acceptors (Lipinski definition) is 2. The normalized spacial score (nSPS) is 30.0. The van der Waals surface area contributed by atoms with Gasteiger partial charge in [-0.05, 0) is 37.7 Å². The van der Waals surface area contributed by atoms with E-state index in [1.807, 2.05) is 13.8 Å². The summed E-state index contributed by atoms with van der Waals surface area (Å²) in [5.41, 5.74) is 3.30. The van der Waals surface area contributed by atoms with E-state index in [2.05, 4.69) is 19.6 Å². The van der Waals surface area contributed by atoms with Gasteiger partial charge in [-0.25, -0.2) is 0 Å². The summed E-state index contributed by atoms with van der Waals surface area (Å²) in [6.07, 6.45) is 4.71. The molecular formula is C14H24O2. The second kappa shape index (κ2) is 4.75. The van der Waals surface area contributed by atoms with Gasteiger partial charge in [-0.2, -0.15) is 0 Å². The summed E-state index contributed by atoms with van der Waals surface area (Å²) < 4.78 is 0. The second-order valence-corrected chi connectivity index (χ2v) is 5.70. The van der Waals surface area contributed by atoms with Crippen molar-refractivity contribution in [1.29, 1.82) is 0 Å². The minimum absolute atomic E-state index is 0.00800. The summed E-state index contributed by atoms with van der Waals surface area (Å²) in [4.78, 5) is 0. The van der Waals surface area contributed by atoms with Crippen molar-refractivity contribution in [3.8, 4) is 0 Å². The van der Waals surface area contributed by atoms with Crippen LogP contribution in [0.15, 0.2) is 17.4 Å². The first kappa shape index (κ1) is 13.5. The smallest absolute Gasteiger partial charge is 0.0907 e. The molecule has 2 nitrogen and oxygen atoms in total. The maximum absolute atomic E-state index is 10.2. The van der Waals surface area contributed by atoms with Crippen molar-refractivity contribution in [2.75, 3.05) is 0 Å². The van der Waals surface area contributed by atoms with E-state index in [9.17, 15) is 10.2 Å². The molecule has 0 heterocycles. The molecule has 1 fully saturated rings. The molecule has 16 heavy (non-hydrogen) atoms. The lowest BCUT2D eigenvalue weighted by Gasteiger charge is -2.24. The molecule has 0 bridgehead atoms. The highest BCUT2D eigenvalue weighted by Gasteiger charge is 2.43. The fourth-order valence-electron chi connectivity index (χ4n) is 2.44. The van der Waals surface area contributed by atoms with Crippen LogP contribution >= 0.6 is 0 Å². The molecule has 0 radical (unpaired) electrons. The Bertz CT molecular complexity index is 289. The van der Waals surface area contributed by atoms with Crippen LogP contribution in [0.1, 0.15) is 53.4 Å². The van der Waals surface area contributed by atoms with Crippen molar-refractivity contribution in [3.05, 3.63) is 17.4 Å². The van der Waals surface area contributed by atoms with Crippen LogP contribution in [-0.2, 0) is 0 Å². The Morgan fingerprint density at radius 2 is 2.00 bits per heavy atom. The molecule has 0 spiro atoms. The second-order valence-electron chi connectivity index (χ2n) is 5.70. The third-order valence-corrected chi connectivity index (χ3v) is 3.46. The zero-order valence-corrected chi connectivity index (χ0v) is 10.9. The van der Waals surface area contributed by atoms with Gasteiger partial charge in [-0.15, -0.1) is 5.73 Å². The molecule has 1 saturated carbocycles. The Hall–Kier alpha value is -0.560. The van der Waals surface area contributed by atoms with Crippen molar-refractivity contribution < 1.29 is 10.2 Å². The Labute approximate surface area is 98.7 Å². The van der Waals surface area contributed by atoms with E-state index in [1.54, 1.807) is 6.08 Å². The standard InChI is InChI=1S/C14H24O2/c1-5-6-11(15)7-8-12-13(2,3)9-10-14(12,4)16/h7,11,15-16H,5-6,9-10H2,1-4H3. The van der Waals surface area contributed by atoms with Gasteiger partial charge in [0.05, 0.1) is 11.7 Å². The average Bonchev–Trinajstić information content (AvgIpc) is 2.35. The van der Waals surface area contributed by atoms with Gasteiger partial charge in [0.15, 0.2) is 0 Å². The zero-order chi connectivity index (χ0) is 12.4. The highest BCUT2D eigenvalue weighted by atomic mass is 16.3. The molecule has 0 aromatic carbocycles. The van der Waals surface area contributed by atoms with Crippen LogP contribution in [0.25, 0.3) is 0 Å². The van der Waals surface area contributed by atoms with Crippen LogP contribution in [0.5, 0.6) is 0 Å². The van der Waals surface area contributed by atoms with Gasteiger partial charge >= 0.3 is 0 Å². The van der Waals surface area contributed by atoms with Crippen molar-refractivity contribution in [3.63, 3.8) is 0 Å². The van der Waals surface area contributed by atoms with Gasteiger partial charge in [0, 0.05) is 5.57 Å². The van der Waals surface area contributed by atoms with Crippen molar-refractivity contribution in [2.45, 2.75) is 65.1 Å². The van der Waals surface area contributed by atoms with E-state index in [4.69, 9.17) is 0 Å². The quantitative estimate of drug-likeness (QED) is 0.724. The van der Waals surface area contributed by atoms with Crippen molar-refractivity contribution in [1.82, 2.24) is 0 Å². The topological polar surface area (TPSA) is 40.5 Å². The van der Waals surface area contributed by atoms with E-state index in [1.165, 1.54) is 0 Å². The van der Waals surface area contributed by atoms with Gasteiger partial charge in [0.1, 0.15) is 0 Å². The zero-order valence-electron chi connectivity index (χ0n) is 10.9. The van der Waals surface area contributed by atoms with E-state index >= 15 is 0 Å². The highest BCUT2D eigenvalue weighted by Crippen LogP contribution is 2.47. The SMILES string of the molecule is CCCC(O)C=C=C1C(C)(C)CCC1(C)O. The summed E-state index contributed by atoms with van der Waals surface area (Å²) in [6.45, 7) is 8.12. The monoisotopic (exact) mass is 224 g/mol. The summed E-state index contributed by atoms with van der Waals surface area (Å²) in [6, 6.07) is 0. The number of rotatable bonds is 3. The molecule has 1 rings (SSSR count). The molecule has 92 valence electrons. The third-order valence-electron chi connectivity index (χ3n) is 3.46. The fraction of sp³-hybridized carbons (Fsp3) is 0.786. The molecule has 2 N–H and O–H groups in total. The number of aliphatic hydroxyl groups is 2. The van der Waals surface area contributed by atoms with Crippen molar-refractivity contribution in [2.24, 2.45) is 5.41 Å². The first-order valence-electron chi connectivity index (χ1n) is 6.18. The molecule has 0 aromatic rings. The molecule has 0 amide bonds. The maximum atomic E-state index is 10.2. The molecule has 2 atom stereocenters. The van der Waals surface area contributed by atoms with Crippen LogP contribution in [0.4, 0.5) is 0 Å². The van der Waals surface area contributed by atoms with Gasteiger partial charge in [0.25, 0.3) is 0 Å². The maximum Gasteiger partial charge on any atom is 0.0907 e. The molecule has 2 heteroatoms. The summed E-state index contributed by atoms with van der Waals surface area (Å²) in [7, 11) is 0. The minimum Gasteiger partial charge on any atom is -0.388 e. The van der Waals surface area contributed by atoms with E-state index in [0.717, 1.165) is 31.3 Å². The van der Waals surface area contributed by atoms with Gasteiger partial charge in [-0.1, -0.05) is 27.2 Å². The lowest BCUT2D eigenvalue weighted by molar-refractivity contribution is 0.104. The Kier molecular flexibility index (Phi) is 4.01. The molecular weight excluding hydrogens is 200 g/mol. The number of hydrogen-bond donors (Lipinski definition) is 2. The van der Waals surface area contributed by atoms with Gasteiger partial charge in [-0.3, -0.25) is 0 Å². The molecule has 1 aliphatic carbocycles. The summed E-state index contributed by atoms with van der Waals surface area (Å²) in [5, 5.41) is 19.9. The fourth-order valence-corrected chi connectivity index (χ4v) is 2.44. The average molecular weight is 224 g/mol. The van der Waals surface area contributed by atoms with Crippen LogP contribution in [0.3, 0.4) is 0 Å². The lowest BCUT2D eigenvalue weighted by atomic mass is 9.84.